The second kappa shape index (κ2) is 8.16. The van der Waals surface area contributed by atoms with Crippen LogP contribution in [0.3, 0.4) is 0 Å². The van der Waals surface area contributed by atoms with E-state index < -0.39 is 41.1 Å². The molecule has 1 aromatic heterocycles. The predicted molar refractivity (Wildman–Crippen MR) is 97.1 cm³/mol. The van der Waals surface area contributed by atoms with Crippen LogP contribution in [0.5, 0.6) is 0 Å². The van der Waals surface area contributed by atoms with Crippen LogP contribution >= 0.6 is 0 Å². The van der Waals surface area contributed by atoms with Gasteiger partial charge in [-0.15, -0.1) is 0 Å². The van der Waals surface area contributed by atoms with Gasteiger partial charge in [-0.25, -0.2) is 13.2 Å². The first-order chi connectivity index (χ1) is 13.4. The number of anilines is 1. The molecule has 146 valence electrons. The number of aryl methyl sites for hydroxylation is 1. The number of esters is 1. The molecule has 1 heterocycles. The van der Waals surface area contributed by atoms with E-state index in [0.717, 1.165) is 22.5 Å². The zero-order valence-electron chi connectivity index (χ0n) is 14.9. The van der Waals surface area contributed by atoms with Crippen molar-refractivity contribution in [2.75, 3.05) is 5.32 Å². The Hall–Kier alpha value is -3.29. The number of ether oxygens (including phenoxy) is 1. The van der Waals surface area contributed by atoms with Gasteiger partial charge in [0, 0.05) is 23.5 Å². The Labute approximate surface area is 158 Å². The van der Waals surface area contributed by atoms with E-state index in [1.165, 1.54) is 6.92 Å². The third-order valence-electron chi connectivity index (χ3n) is 4.24. The third kappa shape index (κ3) is 4.16. The van der Waals surface area contributed by atoms with Gasteiger partial charge in [0.25, 0.3) is 5.91 Å². The number of H-pyrrole nitrogens is 1. The van der Waals surface area contributed by atoms with Gasteiger partial charge in [0.2, 0.25) is 0 Å². The second-order valence-corrected chi connectivity index (χ2v) is 6.20. The van der Waals surface area contributed by atoms with E-state index in [9.17, 15) is 22.8 Å². The van der Waals surface area contributed by atoms with Gasteiger partial charge in [0.05, 0.1) is 5.69 Å². The first-order valence-electron chi connectivity index (χ1n) is 8.55. The molecule has 5 nitrogen and oxygen atoms in total. The topological polar surface area (TPSA) is 71.2 Å². The maximum absolute atomic E-state index is 13.6. The highest BCUT2D eigenvalue weighted by atomic mass is 19.2. The van der Waals surface area contributed by atoms with Gasteiger partial charge in [0.1, 0.15) is 0 Å². The number of fused-ring (bicyclic) bond motifs is 1. The molecule has 0 radical (unpaired) electrons. The van der Waals surface area contributed by atoms with Crippen molar-refractivity contribution in [1.82, 2.24) is 4.98 Å². The molecule has 0 aliphatic carbocycles. The van der Waals surface area contributed by atoms with E-state index >= 15 is 0 Å². The van der Waals surface area contributed by atoms with Crippen molar-refractivity contribution in [3.8, 4) is 0 Å². The maximum atomic E-state index is 13.6. The number of carbonyl (C=O) groups is 2. The number of hydrogen-bond donors (Lipinski definition) is 2. The number of benzene rings is 2. The average molecular weight is 390 g/mol. The summed E-state index contributed by atoms with van der Waals surface area (Å²) in [6, 6.07) is 9.21. The average Bonchev–Trinajstić information content (AvgIpc) is 3.10. The maximum Gasteiger partial charge on any atom is 0.306 e. The summed E-state index contributed by atoms with van der Waals surface area (Å²) >= 11 is 0. The highest BCUT2D eigenvalue weighted by molar-refractivity contribution is 5.95. The number of aromatic nitrogens is 1. The summed E-state index contributed by atoms with van der Waals surface area (Å²) in [5, 5.41) is 3.07. The molecule has 28 heavy (non-hydrogen) atoms. The SMILES string of the molecule is C[C@@H](OC(=O)CCc1c[nH]c2ccccc12)C(=O)Nc1ccc(F)c(F)c1F. The Morgan fingerprint density at radius 1 is 1.11 bits per heavy atom. The summed E-state index contributed by atoms with van der Waals surface area (Å²) in [6.07, 6.45) is 1.02. The molecule has 1 atom stereocenters. The molecule has 3 aromatic rings. The summed E-state index contributed by atoms with van der Waals surface area (Å²) in [5.41, 5.74) is 1.35. The number of hydrogen-bond acceptors (Lipinski definition) is 3. The van der Waals surface area contributed by atoms with Crippen molar-refractivity contribution in [3.63, 3.8) is 0 Å². The lowest BCUT2D eigenvalue weighted by Gasteiger charge is -2.14. The van der Waals surface area contributed by atoms with Crippen molar-refractivity contribution in [1.29, 1.82) is 0 Å². The second-order valence-electron chi connectivity index (χ2n) is 6.20. The number of rotatable bonds is 6. The fourth-order valence-corrected chi connectivity index (χ4v) is 2.74. The molecule has 0 fully saturated rings. The minimum atomic E-state index is -1.69. The number of carbonyl (C=O) groups excluding carboxylic acids is 2. The van der Waals surface area contributed by atoms with Crippen LogP contribution in [-0.4, -0.2) is 23.0 Å². The standard InChI is InChI=1S/C20H17F3N2O3/c1-11(20(27)25-16-8-7-14(21)18(22)19(16)23)28-17(26)9-6-12-10-24-15-5-3-2-4-13(12)15/h2-5,7-8,10-11,24H,6,9H2,1H3,(H,25,27)/t11-/m1/s1. The predicted octanol–water partition coefficient (Wildman–Crippen LogP) is 4.09. The third-order valence-corrected chi connectivity index (χ3v) is 4.24. The van der Waals surface area contributed by atoms with Gasteiger partial charge in [0.15, 0.2) is 23.6 Å². The molecule has 8 heteroatoms. The van der Waals surface area contributed by atoms with Crippen LogP contribution in [0.2, 0.25) is 0 Å². The van der Waals surface area contributed by atoms with Gasteiger partial charge >= 0.3 is 5.97 Å². The largest absolute Gasteiger partial charge is 0.453 e. The van der Waals surface area contributed by atoms with Gasteiger partial charge in [-0.05, 0) is 37.1 Å². The number of amides is 1. The van der Waals surface area contributed by atoms with Gasteiger partial charge < -0.3 is 15.0 Å². The van der Waals surface area contributed by atoms with E-state index in [1.807, 2.05) is 24.3 Å². The van der Waals surface area contributed by atoms with Crippen LogP contribution in [0, 0.1) is 17.5 Å². The van der Waals surface area contributed by atoms with Crippen LogP contribution in [0.15, 0.2) is 42.6 Å². The van der Waals surface area contributed by atoms with Crippen molar-refractivity contribution < 1.29 is 27.5 Å². The number of halogens is 3. The molecular formula is C20H17F3N2O3. The van der Waals surface area contributed by atoms with Crippen molar-refractivity contribution in [2.45, 2.75) is 25.9 Å². The molecule has 0 bridgehead atoms. The summed E-state index contributed by atoms with van der Waals surface area (Å²) in [5.74, 6) is -6.05. The molecule has 0 aliphatic heterocycles. The summed E-state index contributed by atoms with van der Waals surface area (Å²) < 4.78 is 44.8. The Balaban J connectivity index is 1.55. The van der Waals surface area contributed by atoms with Gasteiger partial charge in [-0.3, -0.25) is 9.59 Å². The summed E-state index contributed by atoms with van der Waals surface area (Å²) in [4.78, 5) is 27.1. The van der Waals surface area contributed by atoms with Crippen molar-refractivity contribution in [2.24, 2.45) is 0 Å². The van der Waals surface area contributed by atoms with Crippen LogP contribution < -0.4 is 5.32 Å². The van der Waals surface area contributed by atoms with Crippen LogP contribution in [0.4, 0.5) is 18.9 Å². The minimum absolute atomic E-state index is 0.0407. The first-order valence-corrected chi connectivity index (χ1v) is 8.55. The molecular weight excluding hydrogens is 373 g/mol. The van der Waals surface area contributed by atoms with Crippen molar-refractivity contribution in [3.05, 3.63) is 65.6 Å². The lowest BCUT2D eigenvalue weighted by atomic mass is 10.1. The smallest absolute Gasteiger partial charge is 0.306 e. The number of nitrogens with one attached hydrogen (secondary N) is 2. The lowest BCUT2D eigenvalue weighted by Crippen LogP contribution is -2.30. The Bertz CT molecular complexity index is 1030. The monoisotopic (exact) mass is 390 g/mol. The molecule has 2 aromatic carbocycles. The lowest BCUT2D eigenvalue weighted by molar-refractivity contribution is -0.153. The van der Waals surface area contributed by atoms with Crippen LogP contribution in [-0.2, 0) is 20.7 Å². The number of aromatic amines is 1. The molecule has 0 aliphatic rings. The Morgan fingerprint density at radius 2 is 1.86 bits per heavy atom. The quantitative estimate of drug-likeness (QED) is 0.492. The molecule has 1 amide bonds. The van der Waals surface area contributed by atoms with Gasteiger partial charge in [-0.1, -0.05) is 18.2 Å². The summed E-state index contributed by atoms with van der Waals surface area (Å²) in [7, 11) is 0. The molecule has 0 saturated carbocycles. The zero-order valence-corrected chi connectivity index (χ0v) is 14.9. The zero-order chi connectivity index (χ0) is 20.3. The minimum Gasteiger partial charge on any atom is -0.453 e. The van der Waals surface area contributed by atoms with E-state index in [2.05, 4.69) is 10.3 Å². The Kier molecular flexibility index (Phi) is 5.67. The van der Waals surface area contributed by atoms with Crippen LogP contribution in [0.25, 0.3) is 10.9 Å². The molecule has 3 rings (SSSR count). The molecule has 0 saturated heterocycles. The van der Waals surface area contributed by atoms with Crippen molar-refractivity contribution >= 4 is 28.5 Å². The van der Waals surface area contributed by atoms with Gasteiger partial charge in [-0.2, -0.15) is 0 Å². The highest BCUT2D eigenvalue weighted by Crippen LogP contribution is 2.21. The van der Waals surface area contributed by atoms with E-state index in [-0.39, 0.29) is 6.42 Å². The molecule has 0 spiro atoms. The fraction of sp³-hybridized carbons (Fsp3) is 0.200. The Morgan fingerprint density at radius 3 is 2.64 bits per heavy atom. The van der Waals surface area contributed by atoms with Crippen LogP contribution in [0.1, 0.15) is 18.9 Å². The molecule has 2 N–H and O–H groups in total. The number of para-hydroxylation sites is 1. The normalized spacial score (nSPS) is 12.0. The first kappa shape index (κ1) is 19.5. The molecule has 0 unspecified atom stereocenters. The van der Waals surface area contributed by atoms with E-state index in [0.29, 0.717) is 12.5 Å². The van der Waals surface area contributed by atoms with E-state index in [4.69, 9.17) is 4.74 Å². The fourth-order valence-electron chi connectivity index (χ4n) is 2.74. The summed E-state index contributed by atoms with van der Waals surface area (Å²) in [6.45, 7) is 1.30. The highest BCUT2D eigenvalue weighted by Gasteiger charge is 2.21. The van der Waals surface area contributed by atoms with E-state index in [1.54, 1.807) is 6.20 Å².